The molecule has 0 bridgehead atoms. The summed E-state index contributed by atoms with van der Waals surface area (Å²) in [7, 11) is 0. The van der Waals surface area contributed by atoms with Crippen LogP contribution in [0.4, 0.5) is 0 Å². The van der Waals surface area contributed by atoms with E-state index in [1.807, 2.05) is 0 Å². The van der Waals surface area contributed by atoms with Crippen molar-refractivity contribution in [2.75, 3.05) is 0 Å². The van der Waals surface area contributed by atoms with E-state index in [1.54, 1.807) is 13.8 Å². The van der Waals surface area contributed by atoms with Crippen molar-refractivity contribution in [3.05, 3.63) is 6.92 Å². The van der Waals surface area contributed by atoms with Crippen LogP contribution >= 0.6 is 0 Å². The topological polar surface area (TPSA) is 26.3 Å². The Hall–Kier alpha value is -1.53. The Morgan fingerprint density at radius 2 is 1.89 bits per heavy atom. The third-order valence-corrected chi connectivity index (χ3v) is 0.420. The van der Waals surface area contributed by atoms with Crippen LogP contribution in [0.3, 0.4) is 0 Å². The van der Waals surface area contributed by atoms with Crippen molar-refractivity contribution >= 4 is 5.97 Å². The summed E-state index contributed by atoms with van der Waals surface area (Å²) in [5, 5.41) is 0. The second kappa shape index (κ2) is 2.70. The number of esters is 1. The molecule has 0 saturated carbocycles. The van der Waals surface area contributed by atoms with E-state index >= 15 is 0 Å². The average molecular weight is 382 g/mol. The van der Waals surface area contributed by atoms with Crippen molar-refractivity contribution in [2.45, 2.75) is 26.4 Å². The summed E-state index contributed by atoms with van der Waals surface area (Å²) in [6, 6.07) is 0. The van der Waals surface area contributed by atoms with E-state index in [0.29, 0.717) is 0 Å². The first-order valence-electron chi connectivity index (χ1n) is 2.47. The van der Waals surface area contributed by atoms with Crippen LogP contribution in [0.15, 0.2) is 0 Å². The van der Waals surface area contributed by atoms with Crippen LogP contribution < -0.4 is 0 Å². The normalized spacial score (nSPS) is 9.78. The van der Waals surface area contributed by atoms with Gasteiger partial charge in [0.1, 0.15) is 0 Å². The third kappa shape index (κ3) is 10.7. The van der Waals surface area contributed by atoms with Crippen LogP contribution in [0, 0.1) is 6.92 Å². The van der Waals surface area contributed by atoms with Gasteiger partial charge in [-0.05, 0) is 5.60 Å². The molecule has 0 aromatic heterocycles. The summed E-state index contributed by atoms with van der Waals surface area (Å²) >= 11 is 0. The van der Waals surface area contributed by atoms with Crippen molar-refractivity contribution in [3.63, 3.8) is 0 Å². The summed E-state index contributed by atoms with van der Waals surface area (Å²) in [5.74, 6) is -0.287. The minimum absolute atomic E-state index is 0. The maximum absolute atomic E-state index is 10.2. The molecule has 0 aromatic carbocycles. The Kier molecular flexibility index (Phi) is 3.13. The zero-order valence-electron chi connectivity index (χ0n) is 6.23. The molecule has 0 rings (SSSR count). The molecule has 0 saturated heterocycles. The molecule has 0 unspecified atom stereocenters. The molecule has 3 heteroatoms. The second-order valence-electron chi connectivity index (χ2n) is 2.35. The number of ether oxygens (including phenoxy) is 1. The van der Waals surface area contributed by atoms with Crippen LogP contribution in [0.1, 0.15) is 20.8 Å². The number of hydrogen-bond donors (Lipinski definition) is 0. The van der Waals surface area contributed by atoms with E-state index < -0.39 is 5.60 Å². The van der Waals surface area contributed by atoms with Crippen molar-refractivity contribution in [1.82, 2.24) is 0 Å². The minimum atomic E-state index is -0.578. The monoisotopic (exact) mass is 382 g/mol. The predicted molar refractivity (Wildman–Crippen MR) is 31.2 cm³/mol. The molecule has 9 heavy (non-hydrogen) atoms. The SMILES string of the molecule is [CH2-]C(C)(C)OC(C)=O.[Rf]. The van der Waals surface area contributed by atoms with Crippen molar-refractivity contribution in [3.8, 4) is 0 Å². The maximum Gasteiger partial charge on any atom is 0.300 e. The van der Waals surface area contributed by atoms with Gasteiger partial charge in [0.25, 0.3) is 0 Å². The molecule has 0 aliphatic rings. The molecule has 2 nitrogen and oxygen atoms in total. The minimum Gasteiger partial charge on any atom is -0.493 e. The van der Waals surface area contributed by atoms with Crippen LogP contribution in [-0.2, 0) is 9.53 Å². The molecule has 0 radical (unpaired) electrons. The van der Waals surface area contributed by atoms with E-state index in [1.165, 1.54) is 6.92 Å². The van der Waals surface area contributed by atoms with Gasteiger partial charge in [-0.25, -0.2) is 0 Å². The first-order valence-corrected chi connectivity index (χ1v) is 2.47. The van der Waals surface area contributed by atoms with E-state index in [2.05, 4.69) is 11.7 Å². The number of carbonyl (C=O) groups is 1. The molecule has 0 fully saturated rings. The molecule has 0 atom stereocenters. The first kappa shape index (κ1) is 10.5. The van der Waals surface area contributed by atoms with E-state index in [0.717, 1.165) is 0 Å². The second-order valence-corrected chi connectivity index (χ2v) is 2.35. The zero-order chi connectivity index (χ0) is 6.78. The molecule has 0 heterocycles. The van der Waals surface area contributed by atoms with Crippen LogP contribution in [0.2, 0.25) is 0 Å². The smallest absolute Gasteiger partial charge is 0.300 e. The standard InChI is InChI=1S/C6H11O2.Rf/c1-5(7)8-6(2,3)4;/h2H2,1,3-4H3;/q-1;. The third-order valence-electron chi connectivity index (χ3n) is 0.420. The molecule has 0 amide bonds. The van der Waals surface area contributed by atoms with E-state index in [-0.39, 0.29) is 5.97 Å². The van der Waals surface area contributed by atoms with Gasteiger partial charge in [0.15, 0.2) is 0 Å². The Labute approximate surface area is 49.8 Å². The summed E-state index contributed by atoms with van der Waals surface area (Å²) in [5.41, 5.74) is -0.578. The zero-order valence-corrected chi connectivity index (χ0v) is 12.6. The molecule has 0 aromatic rings. The fraction of sp³-hybridized carbons (Fsp3) is 0.667. The fourth-order valence-electron chi connectivity index (χ4n) is 0.389. The van der Waals surface area contributed by atoms with E-state index in [9.17, 15) is 4.79 Å². The van der Waals surface area contributed by atoms with Gasteiger partial charge in [-0.2, -0.15) is 0 Å². The molecular weight excluding hydrogens is 371 g/mol. The van der Waals surface area contributed by atoms with Gasteiger partial charge < -0.3 is 11.7 Å². The number of hydrogen-bond acceptors (Lipinski definition) is 2. The van der Waals surface area contributed by atoms with Crippen molar-refractivity contribution in [1.29, 1.82) is 0 Å². The van der Waals surface area contributed by atoms with Gasteiger partial charge in [-0.1, -0.05) is 13.8 Å². The molecule has 50 valence electrons. The molecular formula is C6H11O2Rf-. The van der Waals surface area contributed by atoms with Gasteiger partial charge in [-0.15, -0.1) is 0 Å². The Morgan fingerprint density at radius 3 is 1.89 bits per heavy atom. The van der Waals surface area contributed by atoms with Crippen molar-refractivity contribution in [2.24, 2.45) is 0 Å². The van der Waals surface area contributed by atoms with Gasteiger partial charge >= 0.3 is 5.97 Å². The number of carbonyl (C=O) groups excluding carboxylic acids is 1. The van der Waals surface area contributed by atoms with Crippen LogP contribution in [0.5, 0.6) is 0 Å². The summed E-state index contributed by atoms with van der Waals surface area (Å²) < 4.78 is 4.69. The van der Waals surface area contributed by atoms with Crippen LogP contribution in [0.25, 0.3) is 0 Å². The Morgan fingerprint density at radius 1 is 1.56 bits per heavy atom. The summed E-state index contributed by atoms with van der Waals surface area (Å²) in [6.07, 6.45) is 0. The first-order chi connectivity index (χ1) is 3.42. The average Bonchev–Trinajstić information content (AvgIpc) is 1.21. The molecule has 0 aliphatic carbocycles. The van der Waals surface area contributed by atoms with Gasteiger partial charge in [0.2, 0.25) is 0 Å². The predicted octanol–water partition coefficient (Wildman–Crippen LogP) is 1.16. The molecule has 0 spiro atoms. The van der Waals surface area contributed by atoms with Crippen LogP contribution in [-0.4, -0.2) is 11.6 Å². The fourth-order valence-corrected chi connectivity index (χ4v) is 0.389. The quantitative estimate of drug-likeness (QED) is 0.503. The maximum atomic E-state index is 10.2. The molecule has 0 aliphatic heterocycles. The van der Waals surface area contributed by atoms with Gasteiger partial charge in [0, 0.05) is 6.92 Å². The van der Waals surface area contributed by atoms with Crippen molar-refractivity contribution < 1.29 is 9.53 Å². The summed E-state index contributed by atoms with van der Waals surface area (Å²) in [4.78, 5) is 10.2. The molecule has 0 N–H and O–H groups in total. The Balaban J connectivity index is 0. The largest absolute Gasteiger partial charge is 0.493 e. The number of rotatable bonds is 1. The summed E-state index contributed by atoms with van der Waals surface area (Å²) in [6.45, 7) is 8.40. The van der Waals surface area contributed by atoms with Gasteiger partial charge in [0.05, 0.1) is 0 Å². The van der Waals surface area contributed by atoms with Gasteiger partial charge in [-0.3, -0.25) is 4.79 Å². The Bertz CT molecular complexity index is 93.7. The van der Waals surface area contributed by atoms with E-state index in [4.69, 9.17) is 0 Å².